The number of rotatable bonds is 7. The average Bonchev–Trinajstić information content (AvgIpc) is 2.37. The van der Waals surface area contributed by atoms with Gasteiger partial charge >= 0.3 is 0 Å². The molecule has 0 saturated carbocycles. The number of nitrogens with two attached hydrogens (primary N) is 1. The molecule has 0 fully saturated rings. The van der Waals surface area contributed by atoms with Crippen LogP contribution in [0.5, 0.6) is 5.75 Å². The number of benzene rings is 1. The molecule has 0 heterocycles. The fraction of sp³-hybridized carbons (Fsp3) is 0.500. The van der Waals surface area contributed by atoms with E-state index in [2.05, 4.69) is 11.8 Å². The number of methoxy groups -OCH3 is 1. The molecule has 3 nitrogen and oxygen atoms in total. The summed E-state index contributed by atoms with van der Waals surface area (Å²) in [5.41, 5.74) is 6.75. The van der Waals surface area contributed by atoms with E-state index in [4.69, 9.17) is 34.3 Å². The van der Waals surface area contributed by atoms with Gasteiger partial charge in [0.25, 0.3) is 0 Å². The summed E-state index contributed by atoms with van der Waals surface area (Å²) in [5.74, 6) is 1.05. The van der Waals surface area contributed by atoms with Crippen LogP contribution in [-0.2, 0) is 6.54 Å². The Kier molecular flexibility index (Phi) is 6.55. The first-order valence-electron chi connectivity index (χ1n) is 6.32. The molecule has 19 heavy (non-hydrogen) atoms. The van der Waals surface area contributed by atoms with Crippen molar-refractivity contribution >= 4 is 28.8 Å². The van der Waals surface area contributed by atoms with E-state index in [9.17, 15) is 0 Å². The Bertz CT molecular complexity index is 439. The summed E-state index contributed by atoms with van der Waals surface area (Å²) in [5, 5.41) is 0.717. The second kappa shape index (κ2) is 7.68. The third-order valence-corrected chi connectivity index (χ3v) is 3.74. The average molecular weight is 301 g/mol. The van der Waals surface area contributed by atoms with Crippen LogP contribution in [-0.4, -0.2) is 30.1 Å². The Labute approximate surface area is 125 Å². The standard InChI is InChI=1S/C14H21ClN2OS/c1-4-17(8-10(2)14(16)19)9-11-7-12(15)5-6-13(11)18-3/h5-7,10H,4,8-9H2,1-3H3,(H2,16,19). The number of thiocarbonyl (C=S) groups is 1. The van der Waals surface area contributed by atoms with E-state index in [0.717, 1.165) is 30.9 Å². The highest BCUT2D eigenvalue weighted by atomic mass is 35.5. The zero-order chi connectivity index (χ0) is 14.4. The van der Waals surface area contributed by atoms with Crippen LogP contribution in [0.15, 0.2) is 18.2 Å². The van der Waals surface area contributed by atoms with Gasteiger partial charge in [0.05, 0.1) is 12.1 Å². The highest BCUT2D eigenvalue weighted by Crippen LogP contribution is 2.24. The summed E-state index contributed by atoms with van der Waals surface area (Å²) >= 11 is 11.1. The van der Waals surface area contributed by atoms with Crippen LogP contribution < -0.4 is 10.5 Å². The Morgan fingerprint density at radius 3 is 2.74 bits per heavy atom. The van der Waals surface area contributed by atoms with E-state index in [1.54, 1.807) is 7.11 Å². The summed E-state index contributed by atoms with van der Waals surface area (Å²) in [4.78, 5) is 2.83. The number of nitrogens with zero attached hydrogens (tertiary/aromatic N) is 1. The highest BCUT2D eigenvalue weighted by molar-refractivity contribution is 7.80. The monoisotopic (exact) mass is 300 g/mol. The van der Waals surface area contributed by atoms with Crippen molar-refractivity contribution in [2.24, 2.45) is 11.7 Å². The SMILES string of the molecule is CCN(Cc1cc(Cl)ccc1OC)CC(C)C(N)=S. The lowest BCUT2D eigenvalue weighted by Gasteiger charge is -2.24. The maximum Gasteiger partial charge on any atom is 0.123 e. The Hall–Kier alpha value is -0.840. The van der Waals surface area contributed by atoms with Crippen LogP contribution in [0, 0.1) is 5.92 Å². The first-order chi connectivity index (χ1) is 8.97. The second-order valence-corrected chi connectivity index (χ2v) is 5.50. The van der Waals surface area contributed by atoms with Crippen LogP contribution in [0.1, 0.15) is 19.4 Å². The van der Waals surface area contributed by atoms with Gasteiger partial charge in [0.15, 0.2) is 0 Å². The van der Waals surface area contributed by atoms with Gasteiger partial charge in [-0.2, -0.15) is 0 Å². The first-order valence-corrected chi connectivity index (χ1v) is 7.10. The third kappa shape index (κ3) is 4.97. The summed E-state index contributed by atoms with van der Waals surface area (Å²) in [7, 11) is 1.67. The molecular formula is C14H21ClN2OS. The van der Waals surface area contributed by atoms with Crippen molar-refractivity contribution in [3.8, 4) is 5.75 Å². The number of halogens is 1. The molecule has 0 saturated heterocycles. The van der Waals surface area contributed by atoms with Gasteiger partial charge in [0.2, 0.25) is 0 Å². The molecule has 0 aromatic heterocycles. The number of hydrogen-bond donors (Lipinski definition) is 1. The molecule has 0 aliphatic heterocycles. The van der Waals surface area contributed by atoms with Crippen LogP contribution >= 0.6 is 23.8 Å². The molecule has 106 valence electrons. The molecule has 0 amide bonds. The molecule has 1 rings (SSSR count). The van der Waals surface area contributed by atoms with E-state index >= 15 is 0 Å². The van der Waals surface area contributed by atoms with Gasteiger partial charge < -0.3 is 10.5 Å². The van der Waals surface area contributed by atoms with Crippen molar-refractivity contribution in [3.63, 3.8) is 0 Å². The molecule has 5 heteroatoms. The minimum Gasteiger partial charge on any atom is -0.496 e. The van der Waals surface area contributed by atoms with Crippen LogP contribution in [0.4, 0.5) is 0 Å². The van der Waals surface area contributed by atoms with Gasteiger partial charge in [0, 0.05) is 29.6 Å². The smallest absolute Gasteiger partial charge is 0.123 e. The van der Waals surface area contributed by atoms with Crippen molar-refractivity contribution in [1.82, 2.24) is 4.90 Å². The lowest BCUT2D eigenvalue weighted by atomic mass is 10.1. The van der Waals surface area contributed by atoms with Gasteiger partial charge in [-0.05, 0) is 24.7 Å². The molecule has 0 aliphatic rings. The largest absolute Gasteiger partial charge is 0.496 e. The second-order valence-electron chi connectivity index (χ2n) is 4.59. The van der Waals surface area contributed by atoms with E-state index in [1.807, 2.05) is 25.1 Å². The van der Waals surface area contributed by atoms with Crippen LogP contribution in [0.2, 0.25) is 5.02 Å². The van der Waals surface area contributed by atoms with E-state index in [1.165, 1.54) is 0 Å². The van der Waals surface area contributed by atoms with Crippen molar-refractivity contribution in [2.75, 3.05) is 20.2 Å². The van der Waals surface area contributed by atoms with Crippen molar-refractivity contribution in [1.29, 1.82) is 0 Å². The minimum atomic E-state index is 0.195. The summed E-state index contributed by atoms with van der Waals surface area (Å²) in [6.45, 7) is 6.68. The molecule has 0 radical (unpaired) electrons. The minimum absolute atomic E-state index is 0.195. The van der Waals surface area contributed by atoms with E-state index < -0.39 is 0 Å². The summed E-state index contributed by atoms with van der Waals surface area (Å²) < 4.78 is 5.36. The fourth-order valence-electron chi connectivity index (χ4n) is 1.89. The molecule has 1 aromatic rings. The lowest BCUT2D eigenvalue weighted by molar-refractivity contribution is 0.259. The molecule has 0 aliphatic carbocycles. The van der Waals surface area contributed by atoms with Crippen LogP contribution in [0.25, 0.3) is 0 Å². The third-order valence-electron chi connectivity index (χ3n) is 3.10. The molecule has 1 unspecified atom stereocenters. The topological polar surface area (TPSA) is 38.5 Å². The predicted octanol–water partition coefficient (Wildman–Crippen LogP) is 3.09. The Morgan fingerprint density at radius 2 is 2.21 bits per heavy atom. The van der Waals surface area contributed by atoms with Crippen molar-refractivity contribution < 1.29 is 4.74 Å². The Balaban J connectivity index is 2.80. The zero-order valence-corrected chi connectivity index (χ0v) is 13.2. The van der Waals surface area contributed by atoms with Gasteiger partial charge in [-0.15, -0.1) is 0 Å². The van der Waals surface area contributed by atoms with Gasteiger partial charge in [-0.1, -0.05) is 37.7 Å². The van der Waals surface area contributed by atoms with Crippen LogP contribution in [0.3, 0.4) is 0 Å². The van der Waals surface area contributed by atoms with Gasteiger partial charge in [0.1, 0.15) is 5.75 Å². The lowest BCUT2D eigenvalue weighted by Crippen LogP contribution is -2.33. The summed E-state index contributed by atoms with van der Waals surface area (Å²) in [6.07, 6.45) is 0. The van der Waals surface area contributed by atoms with E-state index in [0.29, 0.717) is 10.0 Å². The van der Waals surface area contributed by atoms with Crippen molar-refractivity contribution in [3.05, 3.63) is 28.8 Å². The molecule has 0 spiro atoms. The molecule has 0 bridgehead atoms. The maximum atomic E-state index is 6.04. The van der Waals surface area contributed by atoms with Gasteiger partial charge in [-0.25, -0.2) is 0 Å². The maximum absolute atomic E-state index is 6.04. The molecule has 1 aromatic carbocycles. The fourth-order valence-corrected chi connectivity index (χ4v) is 2.16. The summed E-state index contributed by atoms with van der Waals surface area (Å²) in [6, 6.07) is 5.66. The normalized spacial score (nSPS) is 12.5. The first kappa shape index (κ1) is 16.2. The molecule has 1 atom stereocenters. The number of ether oxygens (including phenoxy) is 1. The Morgan fingerprint density at radius 1 is 1.53 bits per heavy atom. The van der Waals surface area contributed by atoms with Gasteiger partial charge in [-0.3, -0.25) is 4.90 Å². The number of hydrogen-bond acceptors (Lipinski definition) is 3. The molecular weight excluding hydrogens is 280 g/mol. The predicted molar refractivity (Wildman–Crippen MR) is 84.9 cm³/mol. The van der Waals surface area contributed by atoms with Crippen molar-refractivity contribution in [2.45, 2.75) is 20.4 Å². The quantitative estimate of drug-likeness (QED) is 0.785. The highest BCUT2D eigenvalue weighted by Gasteiger charge is 2.13. The molecule has 2 N–H and O–H groups in total. The van der Waals surface area contributed by atoms with E-state index in [-0.39, 0.29) is 5.92 Å². The zero-order valence-electron chi connectivity index (χ0n) is 11.6.